The Bertz CT molecular complexity index is 1120. The number of amides is 4. The Morgan fingerprint density at radius 1 is 1.00 bits per heavy atom. The van der Waals surface area contributed by atoms with Crippen molar-refractivity contribution in [1.82, 2.24) is 21.3 Å². The van der Waals surface area contributed by atoms with E-state index in [-0.39, 0.29) is 59.6 Å². The molecule has 2 aliphatic heterocycles. The molecule has 6 rings (SSSR count). The average molecular weight is 631 g/mol. The van der Waals surface area contributed by atoms with Crippen LogP contribution in [0.25, 0.3) is 0 Å². The first-order valence-electron chi connectivity index (χ1n) is 17.4. The zero-order chi connectivity index (χ0) is 30.9. The maximum atomic E-state index is 12.5. The number of rotatable bonds is 12. The van der Waals surface area contributed by atoms with Gasteiger partial charge in [0.15, 0.2) is 0 Å². The summed E-state index contributed by atoms with van der Waals surface area (Å²) in [6, 6.07) is 0.412. The Morgan fingerprint density at radius 2 is 1.82 bits per heavy atom. The van der Waals surface area contributed by atoms with Gasteiger partial charge in [-0.25, -0.2) is 4.79 Å². The Morgan fingerprint density at radius 3 is 2.66 bits per heavy atom. The highest BCUT2D eigenvalue weighted by molar-refractivity contribution is 8.00. The molecule has 0 bridgehead atoms. The average Bonchev–Trinajstić information content (AvgIpc) is 3.65. The van der Waals surface area contributed by atoms with Gasteiger partial charge in [-0.3, -0.25) is 9.59 Å². The van der Waals surface area contributed by atoms with E-state index in [1.165, 1.54) is 19.3 Å². The molecule has 9 nitrogen and oxygen atoms in total. The van der Waals surface area contributed by atoms with Crippen molar-refractivity contribution in [2.75, 3.05) is 25.4 Å². The molecule has 10 atom stereocenters. The van der Waals surface area contributed by atoms with E-state index >= 15 is 0 Å². The fourth-order valence-corrected chi connectivity index (χ4v) is 11.5. The third-order valence-corrected chi connectivity index (χ3v) is 14.0. The second kappa shape index (κ2) is 13.5. The maximum absolute atomic E-state index is 12.5. The molecular weight excluding hydrogens is 576 g/mol. The number of nitrogens with one attached hydrogen (secondary N) is 4. The molecule has 6 aliphatic rings. The van der Waals surface area contributed by atoms with Gasteiger partial charge in [-0.1, -0.05) is 31.9 Å². The van der Waals surface area contributed by atoms with Gasteiger partial charge in [0.25, 0.3) is 0 Å². The molecule has 5 N–H and O–H groups in total. The molecule has 10 unspecified atom stereocenters. The molecular formula is C34H54N4O5S. The molecule has 0 spiro atoms. The largest absolute Gasteiger partial charge is 0.393 e. The van der Waals surface area contributed by atoms with Gasteiger partial charge < -0.3 is 31.1 Å². The van der Waals surface area contributed by atoms with E-state index in [9.17, 15) is 19.5 Å². The summed E-state index contributed by atoms with van der Waals surface area (Å²) in [6.07, 6.45) is 15.2. The van der Waals surface area contributed by atoms with Crippen LogP contribution < -0.4 is 21.3 Å². The first-order valence-corrected chi connectivity index (χ1v) is 18.4. The maximum Gasteiger partial charge on any atom is 0.315 e. The molecule has 0 radical (unpaired) electrons. The normalized spacial score (nSPS) is 40.5. The van der Waals surface area contributed by atoms with Crippen LogP contribution in [0.2, 0.25) is 0 Å². The molecule has 0 aromatic rings. The van der Waals surface area contributed by atoms with Crippen LogP contribution in [0.1, 0.15) is 97.3 Å². The van der Waals surface area contributed by atoms with Crippen LogP contribution >= 0.6 is 11.8 Å². The van der Waals surface area contributed by atoms with E-state index in [2.05, 4.69) is 41.2 Å². The summed E-state index contributed by atoms with van der Waals surface area (Å²) in [4.78, 5) is 36.2. The summed E-state index contributed by atoms with van der Waals surface area (Å²) in [5, 5.41) is 23.0. The van der Waals surface area contributed by atoms with Crippen LogP contribution in [-0.2, 0) is 14.3 Å². The van der Waals surface area contributed by atoms with Crippen molar-refractivity contribution in [1.29, 1.82) is 0 Å². The Balaban J connectivity index is 0.830. The van der Waals surface area contributed by atoms with Crippen LogP contribution in [0.5, 0.6) is 0 Å². The van der Waals surface area contributed by atoms with Crippen molar-refractivity contribution in [3.63, 3.8) is 0 Å². The molecule has 4 aliphatic carbocycles. The van der Waals surface area contributed by atoms with E-state index in [0.717, 1.165) is 63.0 Å². The van der Waals surface area contributed by atoms with Gasteiger partial charge in [0.2, 0.25) is 11.8 Å². The van der Waals surface area contributed by atoms with E-state index < -0.39 is 0 Å². The van der Waals surface area contributed by atoms with E-state index in [1.54, 1.807) is 5.57 Å². The summed E-state index contributed by atoms with van der Waals surface area (Å²) in [6.45, 7) is 5.96. The number of carbonyl (C=O) groups excluding carboxylic acids is 3. The molecule has 3 saturated carbocycles. The quantitative estimate of drug-likeness (QED) is 0.126. The first-order chi connectivity index (χ1) is 21.2. The fraction of sp³-hybridized carbons (Fsp3) is 0.853. The molecule has 2 saturated heterocycles. The lowest BCUT2D eigenvalue weighted by molar-refractivity contribution is -0.127. The number of aliphatic hydroxyl groups excluding tert-OH is 1. The number of fused-ring (bicyclic) bond motifs is 6. The number of unbranched alkanes of at least 4 members (excludes halogenated alkanes) is 1. The van der Waals surface area contributed by atoms with Crippen LogP contribution in [0.4, 0.5) is 4.79 Å². The van der Waals surface area contributed by atoms with Gasteiger partial charge in [-0.15, -0.1) is 0 Å². The minimum atomic E-state index is -0.125. The van der Waals surface area contributed by atoms with E-state index in [0.29, 0.717) is 43.0 Å². The predicted octanol–water partition coefficient (Wildman–Crippen LogP) is 4.04. The lowest BCUT2D eigenvalue weighted by atomic mass is 9.47. The number of hydrogen-bond donors (Lipinski definition) is 5. The molecule has 0 aromatic carbocycles. The van der Waals surface area contributed by atoms with Gasteiger partial charge in [0, 0.05) is 30.5 Å². The van der Waals surface area contributed by atoms with Crippen molar-refractivity contribution in [2.45, 2.75) is 127 Å². The summed E-state index contributed by atoms with van der Waals surface area (Å²) in [5.74, 6) is 3.02. The van der Waals surface area contributed by atoms with Gasteiger partial charge >= 0.3 is 6.03 Å². The second-order valence-electron chi connectivity index (χ2n) is 15.0. The zero-order valence-electron chi connectivity index (χ0n) is 26.7. The third kappa shape index (κ3) is 6.55. The number of thioether (sulfide) groups is 1. The number of allylic oxidation sites excluding steroid dienone is 1. The van der Waals surface area contributed by atoms with Crippen molar-refractivity contribution in [3.8, 4) is 0 Å². The molecule has 44 heavy (non-hydrogen) atoms. The lowest BCUT2D eigenvalue weighted by Gasteiger charge is -2.58. The van der Waals surface area contributed by atoms with Gasteiger partial charge in [0.05, 0.1) is 24.3 Å². The van der Waals surface area contributed by atoms with E-state index in [1.807, 2.05) is 11.8 Å². The Hall–Kier alpha value is -1.78. The number of hydrogen-bond acceptors (Lipinski definition) is 6. The first kappa shape index (κ1) is 32.2. The highest BCUT2D eigenvalue weighted by atomic mass is 32.2. The summed E-state index contributed by atoms with van der Waals surface area (Å²) < 4.78 is 6.07. The van der Waals surface area contributed by atoms with Crippen LogP contribution in [0.15, 0.2) is 11.6 Å². The summed E-state index contributed by atoms with van der Waals surface area (Å²) in [7, 11) is 0. The Kier molecular flexibility index (Phi) is 9.89. The number of urea groups is 1. The summed E-state index contributed by atoms with van der Waals surface area (Å²) in [5.41, 5.74) is 1.89. The van der Waals surface area contributed by atoms with Gasteiger partial charge in [0.1, 0.15) is 6.61 Å². The lowest BCUT2D eigenvalue weighted by Crippen LogP contribution is -2.51. The van der Waals surface area contributed by atoms with Crippen molar-refractivity contribution in [2.24, 2.45) is 28.6 Å². The molecule has 2 heterocycles. The smallest absolute Gasteiger partial charge is 0.315 e. The fourth-order valence-electron chi connectivity index (χ4n) is 9.94. The second-order valence-corrected chi connectivity index (χ2v) is 16.2. The highest BCUT2D eigenvalue weighted by Gasteiger charge is 2.58. The van der Waals surface area contributed by atoms with Crippen LogP contribution in [0, 0.1) is 28.6 Å². The third-order valence-electron chi connectivity index (χ3n) is 12.5. The minimum Gasteiger partial charge on any atom is -0.393 e. The topological polar surface area (TPSA) is 129 Å². The minimum absolute atomic E-state index is 0.00379. The van der Waals surface area contributed by atoms with Crippen molar-refractivity contribution < 1.29 is 24.2 Å². The SMILES string of the molecule is CC12CCC(OCC(=O)NCCCNC(=O)CCCCC3SCC4NC(=O)NC43)C=C1CCC1C2CCC2(C)C(O)CCC12. The van der Waals surface area contributed by atoms with Crippen LogP contribution in [0.3, 0.4) is 0 Å². The molecule has 0 aromatic heterocycles. The van der Waals surface area contributed by atoms with Crippen molar-refractivity contribution >= 4 is 29.6 Å². The molecule has 5 fully saturated rings. The number of ether oxygens (including phenoxy) is 1. The Labute approximate surface area is 267 Å². The monoisotopic (exact) mass is 630 g/mol. The molecule has 246 valence electrons. The predicted molar refractivity (Wildman–Crippen MR) is 172 cm³/mol. The number of aliphatic hydroxyl groups is 1. The van der Waals surface area contributed by atoms with Crippen LogP contribution in [-0.4, -0.2) is 77.9 Å². The standard InChI is InChI=1S/C34H54N4O5S/c1-33-14-12-22(18-21(33)8-9-23-24-10-11-28(39)34(24,2)15-13-25(23)33)43-19-30(41)36-17-5-16-35-29(40)7-4-3-6-27-31-26(20-44-27)37-32(42)38-31/h18,22-28,31,39H,3-17,19-20H2,1-2H3,(H,35,40)(H,36,41)(H2,37,38,42). The molecule has 10 heteroatoms. The van der Waals surface area contributed by atoms with Gasteiger partial charge in [-0.05, 0) is 99.2 Å². The highest BCUT2D eigenvalue weighted by Crippen LogP contribution is 2.65. The number of carbonyl (C=O) groups is 3. The zero-order valence-corrected chi connectivity index (χ0v) is 27.5. The molecule has 4 amide bonds. The van der Waals surface area contributed by atoms with E-state index in [4.69, 9.17) is 4.74 Å². The van der Waals surface area contributed by atoms with Crippen molar-refractivity contribution in [3.05, 3.63) is 11.6 Å². The van der Waals surface area contributed by atoms with Gasteiger partial charge in [-0.2, -0.15) is 11.8 Å². The summed E-state index contributed by atoms with van der Waals surface area (Å²) >= 11 is 1.91.